The lowest BCUT2D eigenvalue weighted by molar-refractivity contribution is 0.102. The van der Waals surface area contributed by atoms with Crippen LogP contribution in [0.2, 0.25) is 0 Å². The molecule has 124 valence electrons. The molecular weight excluding hydrogens is 302 g/mol. The zero-order chi connectivity index (χ0) is 17.5. The fourth-order valence-electron chi connectivity index (χ4n) is 2.58. The predicted molar refractivity (Wildman–Crippen MR) is 95.6 cm³/mol. The molecule has 2 aromatic carbocycles. The molecule has 1 aromatic heterocycles. The van der Waals surface area contributed by atoms with Crippen LogP contribution in [0.4, 0.5) is 5.69 Å². The molecular formula is C19H21N3O2. The van der Waals surface area contributed by atoms with Gasteiger partial charge < -0.3 is 15.4 Å². The number of aromatic nitrogens is 2. The van der Waals surface area contributed by atoms with E-state index < -0.39 is 0 Å². The molecule has 5 nitrogen and oxygen atoms in total. The number of nitrogens with one attached hydrogen (secondary N) is 2. The minimum Gasteiger partial charge on any atom is -0.506 e. The first kappa shape index (κ1) is 16.1. The molecule has 0 atom stereocenters. The van der Waals surface area contributed by atoms with Crippen LogP contribution in [0.15, 0.2) is 36.4 Å². The van der Waals surface area contributed by atoms with Gasteiger partial charge in [-0.2, -0.15) is 0 Å². The summed E-state index contributed by atoms with van der Waals surface area (Å²) in [6, 6.07) is 10.6. The molecule has 0 saturated heterocycles. The number of hydrogen-bond acceptors (Lipinski definition) is 3. The molecule has 0 bridgehead atoms. The van der Waals surface area contributed by atoms with Gasteiger partial charge in [0.15, 0.2) is 0 Å². The van der Waals surface area contributed by atoms with Crippen molar-refractivity contribution in [3.63, 3.8) is 0 Å². The van der Waals surface area contributed by atoms with Crippen molar-refractivity contribution in [3.8, 4) is 5.75 Å². The number of fused-ring (bicyclic) bond motifs is 1. The number of amides is 1. The zero-order valence-corrected chi connectivity index (χ0v) is 14.3. The van der Waals surface area contributed by atoms with Gasteiger partial charge in [0, 0.05) is 5.56 Å². The highest BCUT2D eigenvalue weighted by atomic mass is 16.3. The van der Waals surface area contributed by atoms with Crippen LogP contribution in [0.25, 0.3) is 11.0 Å². The highest BCUT2D eigenvalue weighted by molar-refractivity contribution is 6.06. The Balaban J connectivity index is 1.90. The number of aryl methyl sites for hydroxylation is 1. The van der Waals surface area contributed by atoms with Gasteiger partial charge in [0.2, 0.25) is 0 Å². The van der Waals surface area contributed by atoms with E-state index in [1.807, 2.05) is 19.1 Å². The first-order valence-corrected chi connectivity index (χ1v) is 7.85. The summed E-state index contributed by atoms with van der Waals surface area (Å²) in [7, 11) is 0. The summed E-state index contributed by atoms with van der Waals surface area (Å²) in [6.07, 6.45) is 0. The second-order valence-corrected chi connectivity index (χ2v) is 6.99. The normalized spacial score (nSPS) is 11.7. The van der Waals surface area contributed by atoms with Crippen LogP contribution in [-0.2, 0) is 5.41 Å². The lowest BCUT2D eigenvalue weighted by Crippen LogP contribution is -2.15. The van der Waals surface area contributed by atoms with Crippen molar-refractivity contribution in [2.45, 2.75) is 33.1 Å². The first-order chi connectivity index (χ1) is 11.2. The SMILES string of the molecule is Cc1nc2ccc(C(=O)Nc3cc(C(C)(C)C)ccc3O)cc2[nH]1. The molecule has 0 unspecified atom stereocenters. The molecule has 3 aromatic rings. The molecule has 0 spiro atoms. The summed E-state index contributed by atoms with van der Waals surface area (Å²) < 4.78 is 0. The van der Waals surface area contributed by atoms with E-state index in [9.17, 15) is 9.90 Å². The van der Waals surface area contributed by atoms with E-state index in [4.69, 9.17) is 0 Å². The van der Waals surface area contributed by atoms with Crippen molar-refractivity contribution in [3.05, 3.63) is 53.3 Å². The minimum atomic E-state index is -0.273. The highest BCUT2D eigenvalue weighted by Gasteiger charge is 2.17. The first-order valence-electron chi connectivity index (χ1n) is 7.85. The van der Waals surface area contributed by atoms with Crippen molar-refractivity contribution in [1.82, 2.24) is 9.97 Å². The Morgan fingerprint density at radius 3 is 2.62 bits per heavy atom. The van der Waals surface area contributed by atoms with Gasteiger partial charge in [-0.3, -0.25) is 4.79 Å². The summed E-state index contributed by atoms with van der Waals surface area (Å²) in [5.74, 6) is 0.582. The van der Waals surface area contributed by atoms with Crippen molar-refractivity contribution in [1.29, 1.82) is 0 Å². The third kappa shape index (κ3) is 3.11. The van der Waals surface area contributed by atoms with Crippen LogP contribution in [0.5, 0.6) is 5.75 Å². The number of benzene rings is 2. The van der Waals surface area contributed by atoms with Crippen molar-refractivity contribution < 1.29 is 9.90 Å². The Hall–Kier alpha value is -2.82. The topological polar surface area (TPSA) is 78.0 Å². The number of carbonyl (C=O) groups is 1. The molecule has 3 rings (SSSR count). The third-order valence-corrected chi connectivity index (χ3v) is 3.97. The number of carbonyl (C=O) groups excluding carboxylic acids is 1. The van der Waals surface area contributed by atoms with Crippen molar-refractivity contribution >= 4 is 22.6 Å². The molecule has 0 aliphatic rings. The molecule has 0 radical (unpaired) electrons. The quantitative estimate of drug-likeness (QED) is 0.621. The lowest BCUT2D eigenvalue weighted by atomic mass is 9.87. The second-order valence-electron chi connectivity index (χ2n) is 6.99. The van der Waals surface area contributed by atoms with Gasteiger partial charge in [-0.15, -0.1) is 0 Å². The molecule has 0 fully saturated rings. The van der Waals surface area contributed by atoms with Gasteiger partial charge in [-0.05, 0) is 48.2 Å². The number of H-pyrrole nitrogens is 1. The maximum atomic E-state index is 12.5. The summed E-state index contributed by atoms with van der Waals surface area (Å²) in [5, 5.41) is 12.8. The maximum Gasteiger partial charge on any atom is 0.255 e. The lowest BCUT2D eigenvalue weighted by Gasteiger charge is -2.20. The molecule has 0 aliphatic carbocycles. The Kier molecular flexibility index (Phi) is 3.79. The maximum absolute atomic E-state index is 12.5. The fraction of sp³-hybridized carbons (Fsp3) is 0.263. The van der Waals surface area contributed by atoms with Gasteiger partial charge in [0.05, 0.1) is 16.7 Å². The van der Waals surface area contributed by atoms with E-state index >= 15 is 0 Å². The van der Waals surface area contributed by atoms with E-state index in [1.165, 1.54) is 0 Å². The van der Waals surface area contributed by atoms with Crippen LogP contribution in [-0.4, -0.2) is 21.0 Å². The van der Waals surface area contributed by atoms with E-state index in [1.54, 1.807) is 24.3 Å². The molecule has 5 heteroatoms. The molecule has 0 saturated carbocycles. The Bertz CT molecular complexity index is 920. The highest BCUT2D eigenvalue weighted by Crippen LogP contribution is 2.31. The summed E-state index contributed by atoms with van der Waals surface area (Å²) in [6.45, 7) is 8.12. The van der Waals surface area contributed by atoms with E-state index in [-0.39, 0.29) is 17.1 Å². The van der Waals surface area contributed by atoms with Crippen LogP contribution >= 0.6 is 0 Å². The van der Waals surface area contributed by atoms with Gasteiger partial charge in [-0.25, -0.2) is 4.98 Å². The summed E-state index contributed by atoms with van der Waals surface area (Å²) in [4.78, 5) is 20.0. The van der Waals surface area contributed by atoms with Crippen molar-refractivity contribution in [2.75, 3.05) is 5.32 Å². The Morgan fingerprint density at radius 2 is 1.92 bits per heavy atom. The van der Waals surface area contributed by atoms with Crippen LogP contribution in [0.3, 0.4) is 0 Å². The monoisotopic (exact) mass is 323 g/mol. The van der Waals surface area contributed by atoms with Crippen LogP contribution < -0.4 is 5.32 Å². The van der Waals surface area contributed by atoms with Crippen LogP contribution in [0.1, 0.15) is 42.5 Å². The van der Waals surface area contributed by atoms with Gasteiger partial charge in [-0.1, -0.05) is 26.8 Å². The average Bonchev–Trinajstić information content (AvgIpc) is 2.87. The van der Waals surface area contributed by atoms with Crippen molar-refractivity contribution in [2.24, 2.45) is 0 Å². The molecule has 3 N–H and O–H groups in total. The Morgan fingerprint density at radius 1 is 1.17 bits per heavy atom. The standard InChI is InChI=1S/C19H21N3O2/c1-11-20-14-7-5-12(9-15(14)21-11)18(24)22-16-10-13(19(2,3)4)6-8-17(16)23/h5-10,23H,1-4H3,(H,20,21)(H,22,24). The number of phenols is 1. The summed E-state index contributed by atoms with van der Waals surface area (Å²) in [5.41, 5.74) is 3.52. The number of imidazole rings is 1. The molecule has 24 heavy (non-hydrogen) atoms. The average molecular weight is 323 g/mol. The zero-order valence-electron chi connectivity index (χ0n) is 14.3. The van der Waals surface area contributed by atoms with Gasteiger partial charge in [0.1, 0.15) is 11.6 Å². The largest absolute Gasteiger partial charge is 0.506 e. The van der Waals surface area contributed by atoms with E-state index in [2.05, 4.69) is 36.1 Å². The third-order valence-electron chi connectivity index (χ3n) is 3.97. The summed E-state index contributed by atoms with van der Waals surface area (Å²) >= 11 is 0. The number of aromatic hydroxyl groups is 1. The predicted octanol–water partition coefficient (Wildman–Crippen LogP) is 4.13. The van der Waals surface area contributed by atoms with Crippen LogP contribution in [0, 0.1) is 6.92 Å². The smallest absolute Gasteiger partial charge is 0.255 e. The van der Waals surface area contributed by atoms with Gasteiger partial charge >= 0.3 is 0 Å². The number of hydrogen-bond donors (Lipinski definition) is 3. The molecule has 0 aliphatic heterocycles. The number of rotatable bonds is 2. The minimum absolute atomic E-state index is 0.0508. The number of aromatic amines is 1. The number of phenolic OH excluding ortho intramolecular Hbond substituents is 1. The Labute approximate surface area is 140 Å². The molecule has 1 heterocycles. The number of nitrogens with zero attached hydrogens (tertiary/aromatic N) is 1. The second kappa shape index (κ2) is 5.67. The number of anilines is 1. The fourth-order valence-corrected chi connectivity index (χ4v) is 2.58. The molecule has 1 amide bonds. The van der Waals surface area contributed by atoms with E-state index in [0.717, 1.165) is 22.4 Å². The van der Waals surface area contributed by atoms with E-state index in [0.29, 0.717) is 11.3 Å². The van der Waals surface area contributed by atoms with Gasteiger partial charge in [0.25, 0.3) is 5.91 Å².